The molecule has 0 unspecified atom stereocenters. The van der Waals surface area contributed by atoms with Crippen molar-refractivity contribution in [3.8, 4) is 0 Å². The van der Waals surface area contributed by atoms with Gasteiger partial charge in [0.15, 0.2) is 0 Å². The van der Waals surface area contributed by atoms with Crippen LogP contribution in [0, 0.1) is 7.05 Å². The van der Waals surface area contributed by atoms with Gasteiger partial charge in [-0.2, -0.15) is 6.92 Å². The van der Waals surface area contributed by atoms with Crippen LogP contribution in [0.25, 0.3) is 0 Å². The second kappa shape index (κ2) is 8.73. The summed E-state index contributed by atoms with van der Waals surface area (Å²) in [4.78, 5) is 8.68. The quantitative estimate of drug-likeness (QED) is 0.418. The maximum Gasteiger partial charge on any atom is 0.0434 e. The van der Waals surface area contributed by atoms with Gasteiger partial charge < -0.3 is 9.28 Å². The fraction of sp³-hybridized carbons (Fsp3) is 0.667. The van der Waals surface area contributed by atoms with Gasteiger partial charge >= 0.3 is 0 Å². The summed E-state index contributed by atoms with van der Waals surface area (Å²) in [7, 11) is 9.75. The van der Waals surface area contributed by atoms with Crippen molar-refractivity contribution in [3.05, 3.63) is 7.05 Å². The zero-order chi connectivity index (χ0) is 7.21. The van der Waals surface area contributed by atoms with Gasteiger partial charge in [0.2, 0.25) is 0 Å². The Balaban J connectivity index is -0.0000000800. The fourth-order valence-electron chi connectivity index (χ4n) is 0. The molecule has 0 amide bonds. The Kier molecular flexibility index (Phi) is 15.9. The Morgan fingerprint density at radius 1 is 1.33 bits per heavy atom. The molecule has 0 aromatic heterocycles. The van der Waals surface area contributed by atoms with Gasteiger partial charge in [0.05, 0.1) is 0 Å². The fourth-order valence-corrected chi connectivity index (χ4v) is 0. The SMILES string of the molecule is C[C-]=O.[CH2-][N+](C)(C)C.[Y]. The van der Waals surface area contributed by atoms with Crippen molar-refractivity contribution in [3.63, 3.8) is 0 Å². The molecule has 0 aromatic rings. The van der Waals surface area contributed by atoms with Crippen molar-refractivity contribution >= 4 is 6.29 Å². The first-order chi connectivity index (χ1) is 3.41. The largest absolute Gasteiger partial charge is 0.542 e. The molecule has 0 aliphatic rings. The van der Waals surface area contributed by atoms with Gasteiger partial charge in [0, 0.05) is 53.9 Å². The van der Waals surface area contributed by atoms with E-state index in [1.54, 1.807) is 0 Å². The third-order valence-corrected chi connectivity index (χ3v) is 0. The molecule has 0 heterocycles. The van der Waals surface area contributed by atoms with Gasteiger partial charge in [-0.15, -0.1) is 7.05 Å². The summed E-state index contributed by atoms with van der Waals surface area (Å²) in [5.74, 6) is 0. The average Bonchev–Trinajstić information content (AvgIpc) is 1.27. The molecule has 0 rings (SSSR count). The molecule has 9 heavy (non-hydrogen) atoms. The van der Waals surface area contributed by atoms with Gasteiger partial charge in [0.25, 0.3) is 0 Å². The van der Waals surface area contributed by atoms with Crippen molar-refractivity contribution in [1.29, 1.82) is 0 Å². The molecule has 0 N–H and O–H groups in total. The molecule has 2 nitrogen and oxygen atoms in total. The molecule has 0 saturated carbocycles. The van der Waals surface area contributed by atoms with Crippen LogP contribution in [0.3, 0.4) is 0 Å². The summed E-state index contributed by atoms with van der Waals surface area (Å²) >= 11 is 0. The maximum atomic E-state index is 8.68. The monoisotopic (exact) mass is 205 g/mol. The van der Waals surface area contributed by atoms with Crippen molar-refractivity contribution in [2.24, 2.45) is 0 Å². The zero-order valence-electron chi connectivity index (χ0n) is 6.64. The minimum Gasteiger partial charge on any atom is -0.542 e. The van der Waals surface area contributed by atoms with Crippen LogP contribution in [-0.4, -0.2) is 31.9 Å². The zero-order valence-corrected chi connectivity index (χ0v) is 9.48. The first kappa shape index (κ1) is 16.4. The van der Waals surface area contributed by atoms with Gasteiger partial charge in [-0.3, -0.25) is 6.29 Å². The van der Waals surface area contributed by atoms with Crippen LogP contribution in [0.4, 0.5) is 0 Å². The molecule has 0 aliphatic heterocycles. The Bertz CT molecular complexity index is 52.6. The number of rotatable bonds is 0. The summed E-state index contributed by atoms with van der Waals surface area (Å²) in [6.45, 7) is 1.32. The van der Waals surface area contributed by atoms with Crippen molar-refractivity contribution in [2.75, 3.05) is 21.1 Å². The minimum atomic E-state index is 0. The van der Waals surface area contributed by atoms with Gasteiger partial charge in [-0.1, -0.05) is 0 Å². The third kappa shape index (κ3) is 735. The van der Waals surface area contributed by atoms with E-state index in [2.05, 4.69) is 7.05 Å². The molecule has 0 bridgehead atoms. The van der Waals surface area contributed by atoms with Crippen molar-refractivity contribution in [1.82, 2.24) is 0 Å². The molecular formula is C6H14NOY-. The van der Waals surface area contributed by atoms with E-state index in [0.717, 1.165) is 4.48 Å². The molecule has 1 radical (unpaired) electrons. The van der Waals surface area contributed by atoms with Crippen molar-refractivity contribution in [2.45, 2.75) is 6.92 Å². The van der Waals surface area contributed by atoms with Crippen LogP contribution in [0.5, 0.6) is 0 Å². The summed E-state index contributed by atoms with van der Waals surface area (Å²) in [6.07, 6.45) is 1.50. The predicted molar refractivity (Wildman–Crippen MR) is 34.8 cm³/mol. The Labute approximate surface area is 83.1 Å². The molecule has 53 valence electrons. The molecule has 0 saturated heterocycles. The van der Waals surface area contributed by atoms with Crippen LogP contribution in [-0.2, 0) is 37.5 Å². The molecule has 0 fully saturated rings. The standard InChI is InChI=1S/C4H11N.C2H3O.Y/c1-5(2,3)4;1-2-3;/h1H2,2-4H3;1H3;/q;-1;. The summed E-state index contributed by atoms with van der Waals surface area (Å²) in [6, 6.07) is 0. The normalized spacial score (nSPS) is 8.11. The molecule has 3 heteroatoms. The molecule has 0 atom stereocenters. The minimum absolute atomic E-state index is 0. The number of nitrogens with zero attached hydrogens (tertiary/aromatic N) is 1. The number of quaternary nitrogens is 1. The average molecular weight is 205 g/mol. The van der Waals surface area contributed by atoms with Gasteiger partial charge in [-0.05, 0) is 0 Å². The van der Waals surface area contributed by atoms with E-state index >= 15 is 0 Å². The van der Waals surface area contributed by atoms with E-state index in [1.165, 1.54) is 13.2 Å². The van der Waals surface area contributed by atoms with Crippen molar-refractivity contribution < 1.29 is 42.0 Å². The first-order valence-corrected chi connectivity index (χ1v) is 2.36. The smallest absolute Gasteiger partial charge is 0.0434 e. The molecular weight excluding hydrogens is 191 g/mol. The Hall–Kier alpha value is 0.734. The summed E-state index contributed by atoms with van der Waals surface area (Å²) in [5.41, 5.74) is 0. The number of carbonyl (C=O) groups excluding carboxylic acids is 1. The van der Waals surface area contributed by atoms with Crippen LogP contribution in [0.15, 0.2) is 0 Å². The topological polar surface area (TPSA) is 17.1 Å². The van der Waals surface area contributed by atoms with E-state index in [1.807, 2.05) is 21.1 Å². The molecule has 0 aromatic carbocycles. The number of hydrogen-bond donors (Lipinski definition) is 0. The summed E-state index contributed by atoms with van der Waals surface area (Å²) in [5, 5.41) is 0. The Morgan fingerprint density at radius 2 is 1.33 bits per heavy atom. The van der Waals surface area contributed by atoms with E-state index in [9.17, 15) is 0 Å². The maximum absolute atomic E-state index is 8.68. The van der Waals surface area contributed by atoms with Crippen LogP contribution in [0.2, 0.25) is 0 Å². The van der Waals surface area contributed by atoms with Crippen LogP contribution < -0.4 is 0 Å². The second-order valence-electron chi connectivity index (χ2n) is 2.49. The van der Waals surface area contributed by atoms with E-state index in [4.69, 9.17) is 4.79 Å². The van der Waals surface area contributed by atoms with E-state index in [-0.39, 0.29) is 32.7 Å². The van der Waals surface area contributed by atoms with Crippen LogP contribution in [0.1, 0.15) is 6.92 Å². The van der Waals surface area contributed by atoms with Gasteiger partial charge in [-0.25, -0.2) is 0 Å². The molecule has 0 spiro atoms. The van der Waals surface area contributed by atoms with Crippen LogP contribution >= 0.6 is 0 Å². The first-order valence-electron chi connectivity index (χ1n) is 2.36. The van der Waals surface area contributed by atoms with Gasteiger partial charge in [0.1, 0.15) is 0 Å². The number of hydrogen-bond acceptors (Lipinski definition) is 1. The second-order valence-corrected chi connectivity index (χ2v) is 2.49. The Morgan fingerprint density at radius 3 is 1.33 bits per heavy atom. The summed E-state index contributed by atoms with van der Waals surface area (Å²) < 4.78 is 0.750. The predicted octanol–water partition coefficient (Wildman–Crippen LogP) is 0.598. The molecule has 0 aliphatic carbocycles. The third-order valence-electron chi connectivity index (χ3n) is 0. The van der Waals surface area contributed by atoms with E-state index < -0.39 is 0 Å². The van der Waals surface area contributed by atoms with E-state index in [0.29, 0.717) is 0 Å².